The third kappa shape index (κ3) is 4.32. The Morgan fingerprint density at radius 3 is 2.30 bits per heavy atom. The molecular formula is C24H18BrClN2O2. The van der Waals surface area contributed by atoms with Crippen LogP contribution in [0.4, 0.5) is 5.69 Å². The van der Waals surface area contributed by atoms with Crippen molar-refractivity contribution in [3.63, 3.8) is 0 Å². The smallest absolute Gasteiger partial charge is 0.282 e. The lowest BCUT2D eigenvalue weighted by atomic mass is 10.1. The molecule has 0 N–H and O–H groups in total. The van der Waals surface area contributed by atoms with E-state index in [9.17, 15) is 4.79 Å². The molecule has 6 heteroatoms. The van der Waals surface area contributed by atoms with Crippen molar-refractivity contribution in [1.29, 1.82) is 0 Å². The van der Waals surface area contributed by atoms with Gasteiger partial charge in [-0.3, -0.25) is 9.69 Å². The van der Waals surface area contributed by atoms with Crippen LogP contribution in [0.15, 0.2) is 88.0 Å². The van der Waals surface area contributed by atoms with E-state index in [0.29, 0.717) is 28.8 Å². The van der Waals surface area contributed by atoms with Gasteiger partial charge in [0, 0.05) is 15.1 Å². The summed E-state index contributed by atoms with van der Waals surface area (Å²) in [6.45, 7) is 2.55. The Kier molecular flexibility index (Phi) is 6.02. The standard InChI is InChI=1S/C24H18BrClN2O2/c1-2-30-21-13-3-16(4-14-21)15-22-24(29)28(20-11-9-19(26)10-12-20)23(27-22)17-5-7-18(25)8-6-17/h3-15H,2H2,1H3/b22-15+. The average molecular weight is 482 g/mol. The first-order chi connectivity index (χ1) is 14.5. The number of nitrogens with zero attached hydrogens (tertiary/aromatic N) is 2. The van der Waals surface area contributed by atoms with Gasteiger partial charge in [-0.25, -0.2) is 4.99 Å². The molecule has 4 nitrogen and oxygen atoms in total. The highest BCUT2D eigenvalue weighted by Crippen LogP contribution is 2.29. The molecular weight excluding hydrogens is 464 g/mol. The Labute approximate surface area is 188 Å². The molecule has 150 valence electrons. The Bertz CT molecular complexity index is 1120. The molecule has 0 fully saturated rings. The van der Waals surface area contributed by atoms with Crippen LogP contribution in [0.5, 0.6) is 5.75 Å². The minimum Gasteiger partial charge on any atom is -0.494 e. The molecule has 4 rings (SSSR count). The highest BCUT2D eigenvalue weighted by Gasteiger charge is 2.32. The van der Waals surface area contributed by atoms with Gasteiger partial charge in [0.05, 0.1) is 12.3 Å². The molecule has 0 aromatic heterocycles. The summed E-state index contributed by atoms with van der Waals surface area (Å²) < 4.78 is 6.44. The fraction of sp³-hybridized carbons (Fsp3) is 0.0833. The predicted molar refractivity (Wildman–Crippen MR) is 125 cm³/mol. The first-order valence-corrected chi connectivity index (χ1v) is 10.6. The van der Waals surface area contributed by atoms with Crippen molar-refractivity contribution in [3.05, 3.63) is 99.1 Å². The zero-order chi connectivity index (χ0) is 21.1. The lowest BCUT2D eigenvalue weighted by Gasteiger charge is -2.18. The van der Waals surface area contributed by atoms with Gasteiger partial charge in [0.1, 0.15) is 17.3 Å². The van der Waals surface area contributed by atoms with E-state index >= 15 is 0 Å². The SMILES string of the molecule is CCOc1ccc(/C=C2/N=C(c3ccc(Br)cc3)N(c3ccc(Cl)cc3)C2=O)cc1. The van der Waals surface area contributed by atoms with Gasteiger partial charge in [0.2, 0.25) is 0 Å². The lowest BCUT2D eigenvalue weighted by Crippen LogP contribution is -2.32. The maximum Gasteiger partial charge on any atom is 0.282 e. The van der Waals surface area contributed by atoms with Gasteiger partial charge >= 0.3 is 0 Å². The number of anilines is 1. The van der Waals surface area contributed by atoms with Crippen molar-refractivity contribution in [3.8, 4) is 5.75 Å². The first-order valence-electron chi connectivity index (χ1n) is 9.44. The van der Waals surface area contributed by atoms with Crippen LogP contribution in [0, 0.1) is 0 Å². The third-order valence-electron chi connectivity index (χ3n) is 4.54. The molecule has 3 aromatic rings. The number of carbonyl (C=O) groups is 1. The second-order valence-electron chi connectivity index (χ2n) is 6.59. The summed E-state index contributed by atoms with van der Waals surface area (Å²) in [5.74, 6) is 1.18. The molecule has 3 aromatic carbocycles. The molecule has 1 aliphatic heterocycles. The molecule has 1 heterocycles. The van der Waals surface area contributed by atoms with E-state index in [1.54, 1.807) is 23.1 Å². The van der Waals surface area contributed by atoms with Gasteiger partial charge in [-0.1, -0.05) is 51.8 Å². The van der Waals surface area contributed by atoms with E-state index in [-0.39, 0.29) is 5.91 Å². The van der Waals surface area contributed by atoms with Gasteiger partial charge in [0.25, 0.3) is 5.91 Å². The fourth-order valence-corrected chi connectivity index (χ4v) is 3.51. The summed E-state index contributed by atoms with van der Waals surface area (Å²) in [7, 11) is 0. The molecule has 1 amide bonds. The number of halogens is 2. The van der Waals surface area contributed by atoms with Crippen LogP contribution in [0.3, 0.4) is 0 Å². The summed E-state index contributed by atoms with van der Waals surface area (Å²) in [4.78, 5) is 19.6. The third-order valence-corrected chi connectivity index (χ3v) is 5.32. The largest absolute Gasteiger partial charge is 0.494 e. The summed E-state index contributed by atoms with van der Waals surface area (Å²) >= 11 is 9.49. The van der Waals surface area contributed by atoms with E-state index < -0.39 is 0 Å². The maximum absolute atomic E-state index is 13.3. The molecule has 1 aliphatic rings. The van der Waals surface area contributed by atoms with Crippen molar-refractivity contribution in [1.82, 2.24) is 0 Å². The minimum atomic E-state index is -0.191. The average Bonchev–Trinajstić information content (AvgIpc) is 3.07. The van der Waals surface area contributed by atoms with Gasteiger partial charge in [-0.15, -0.1) is 0 Å². The molecule has 0 saturated heterocycles. The number of amidine groups is 1. The van der Waals surface area contributed by atoms with Crippen LogP contribution in [-0.4, -0.2) is 18.3 Å². The van der Waals surface area contributed by atoms with Gasteiger partial charge in [-0.05, 0) is 67.1 Å². The number of rotatable bonds is 5. The van der Waals surface area contributed by atoms with Gasteiger partial charge < -0.3 is 4.74 Å². The van der Waals surface area contributed by atoms with E-state index in [1.807, 2.05) is 67.6 Å². The summed E-state index contributed by atoms with van der Waals surface area (Å²) in [5, 5.41) is 0.609. The first kappa shape index (κ1) is 20.4. The van der Waals surface area contributed by atoms with E-state index in [1.165, 1.54) is 0 Å². The molecule has 30 heavy (non-hydrogen) atoms. The zero-order valence-corrected chi connectivity index (χ0v) is 18.5. The van der Waals surface area contributed by atoms with E-state index in [4.69, 9.17) is 16.3 Å². The number of hydrogen-bond acceptors (Lipinski definition) is 3. The van der Waals surface area contributed by atoms with Crippen molar-refractivity contribution in [2.24, 2.45) is 4.99 Å². The number of amides is 1. The van der Waals surface area contributed by atoms with E-state index in [2.05, 4.69) is 20.9 Å². The molecule has 0 saturated carbocycles. The zero-order valence-electron chi connectivity index (χ0n) is 16.2. The highest BCUT2D eigenvalue weighted by atomic mass is 79.9. The molecule has 0 atom stereocenters. The molecule has 0 unspecified atom stereocenters. The van der Waals surface area contributed by atoms with Crippen LogP contribution in [0.2, 0.25) is 5.02 Å². The Morgan fingerprint density at radius 2 is 1.67 bits per heavy atom. The van der Waals surface area contributed by atoms with Crippen LogP contribution in [0.1, 0.15) is 18.1 Å². The number of benzene rings is 3. The highest BCUT2D eigenvalue weighted by molar-refractivity contribution is 9.10. The predicted octanol–water partition coefficient (Wildman–Crippen LogP) is 6.34. The van der Waals surface area contributed by atoms with Crippen molar-refractivity contribution in [2.45, 2.75) is 6.92 Å². The minimum absolute atomic E-state index is 0.191. The van der Waals surface area contributed by atoms with Gasteiger partial charge in [-0.2, -0.15) is 0 Å². The number of hydrogen-bond donors (Lipinski definition) is 0. The van der Waals surface area contributed by atoms with Crippen molar-refractivity contribution >= 4 is 51.0 Å². The monoisotopic (exact) mass is 480 g/mol. The fourth-order valence-electron chi connectivity index (χ4n) is 3.12. The van der Waals surface area contributed by atoms with Crippen molar-refractivity contribution < 1.29 is 9.53 Å². The molecule has 0 aliphatic carbocycles. The normalized spacial score (nSPS) is 14.9. The summed E-state index contributed by atoms with van der Waals surface area (Å²) in [6, 6.07) is 22.4. The summed E-state index contributed by atoms with van der Waals surface area (Å²) in [6.07, 6.45) is 1.78. The maximum atomic E-state index is 13.3. The Morgan fingerprint density at radius 1 is 1.00 bits per heavy atom. The summed E-state index contributed by atoms with van der Waals surface area (Å²) in [5.41, 5.74) is 2.79. The van der Waals surface area contributed by atoms with Crippen LogP contribution in [-0.2, 0) is 4.79 Å². The Balaban J connectivity index is 1.75. The molecule has 0 spiro atoms. The topological polar surface area (TPSA) is 41.9 Å². The van der Waals surface area contributed by atoms with E-state index in [0.717, 1.165) is 21.3 Å². The molecule has 0 radical (unpaired) electrons. The Hall–Kier alpha value is -2.89. The van der Waals surface area contributed by atoms with Crippen molar-refractivity contribution in [2.75, 3.05) is 11.5 Å². The van der Waals surface area contributed by atoms with Crippen LogP contribution in [0.25, 0.3) is 6.08 Å². The second-order valence-corrected chi connectivity index (χ2v) is 7.94. The van der Waals surface area contributed by atoms with Crippen LogP contribution < -0.4 is 9.64 Å². The number of ether oxygens (including phenoxy) is 1. The lowest BCUT2D eigenvalue weighted by molar-refractivity contribution is -0.113. The van der Waals surface area contributed by atoms with Gasteiger partial charge in [0.15, 0.2) is 0 Å². The quantitative estimate of drug-likeness (QED) is 0.399. The number of carbonyl (C=O) groups excluding carboxylic acids is 1. The molecule has 0 bridgehead atoms. The van der Waals surface area contributed by atoms with Crippen LogP contribution >= 0.6 is 27.5 Å². The second kappa shape index (κ2) is 8.86. The number of aliphatic imine (C=N–C) groups is 1.